The van der Waals surface area contributed by atoms with Crippen LogP contribution in [0.4, 0.5) is 0 Å². The Balaban J connectivity index is 2.40. The predicted molar refractivity (Wildman–Crippen MR) is 70.9 cm³/mol. The fourth-order valence-electron chi connectivity index (χ4n) is 1.63. The van der Waals surface area contributed by atoms with Gasteiger partial charge >= 0.3 is 0 Å². The lowest BCUT2D eigenvalue weighted by Gasteiger charge is -2.14. The Morgan fingerprint density at radius 3 is 2.53 bits per heavy atom. The number of amides is 1. The van der Waals surface area contributed by atoms with Gasteiger partial charge in [-0.15, -0.1) is 0 Å². The van der Waals surface area contributed by atoms with Crippen LogP contribution in [0.5, 0.6) is 0 Å². The number of carbonyl (C=O) groups excluding carboxylic acids is 1. The average molecular weight is 234 g/mol. The van der Waals surface area contributed by atoms with E-state index in [1.807, 2.05) is 13.8 Å². The average Bonchev–Trinajstić information content (AvgIpc) is 2.30. The summed E-state index contributed by atoms with van der Waals surface area (Å²) in [6.07, 6.45) is 0.532. The third-order valence-corrected chi connectivity index (χ3v) is 2.73. The number of benzene rings is 1. The lowest BCUT2D eigenvalue weighted by atomic mass is 10.1. The van der Waals surface area contributed by atoms with Crippen molar-refractivity contribution in [2.24, 2.45) is 0 Å². The topological polar surface area (TPSA) is 41.1 Å². The number of hydrogen-bond acceptors (Lipinski definition) is 2. The monoisotopic (exact) mass is 234 g/mol. The van der Waals surface area contributed by atoms with Crippen LogP contribution in [0.3, 0.4) is 0 Å². The Hall–Kier alpha value is -1.35. The van der Waals surface area contributed by atoms with Gasteiger partial charge in [0.1, 0.15) is 0 Å². The quantitative estimate of drug-likeness (QED) is 0.741. The molecule has 0 heterocycles. The molecule has 0 aromatic heterocycles. The molecule has 0 bridgehead atoms. The molecule has 3 nitrogen and oxygen atoms in total. The molecule has 2 N–H and O–H groups in total. The summed E-state index contributed by atoms with van der Waals surface area (Å²) in [6.45, 7) is 7.75. The van der Waals surface area contributed by atoms with Crippen LogP contribution < -0.4 is 10.6 Å². The first-order chi connectivity index (χ1) is 8.13. The third kappa shape index (κ3) is 5.00. The first kappa shape index (κ1) is 13.7. The molecule has 3 heteroatoms. The van der Waals surface area contributed by atoms with E-state index in [4.69, 9.17) is 0 Å². The zero-order valence-corrected chi connectivity index (χ0v) is 10.9. The van der Waals surface area contributed by atoms with Crippen molar-refractivity contribution in [3.05, 3.63) is 35.4 Å². The van der Waals surface area contributed by atoms with E-state index >= 15 is 0 Å². The molecule has 1 amide bonds. The highest BCUT2D eigenvalue weighted by molar-refractivity contribution is 5.76. The van der Waals surface area contributed by atoms with Crippen molar-refractivity contribution in [2.45, 2.75) is 33.2 Å². The van der Waals surface area contributed by atoms with E-state index in [0.29, 0.717) is 6.42 Å². The first-order valence-corrected chi connectivity index (χ1v) is 6.20. The highest BCUT2D eigenvalue weighted by atomic mass is 16.1. The van der Waals surface area contributed by atoms with E-state index in [1.165, 1.54) is 5.56 Å². The molecule has 0 saturated carbocycles. The summed E-state index contributed by atoms with van der Waals surface area (Å²) < 4.78 is 0. The Labute approximate surface area is 104 Å². The fourth-order valence-corrected chi connectivity index (χ4v) is 1.63. The summed E-state index contributed by atoms with van der Waals surface area (Å²) in [7, 11) is 0. The molecule has 1 aromatic rings. The molecule has 0 saturated heterocycles. The Morgan fingerprint density at radius 1 is 1.29 bits per heavy atom. The van der Waals surface area contributed by atoms with Gasteiger partial charge in [0.2, 0.25) is 5.91 Å². The standard InChI is InChI=1S/C14H22N2O/c1-4-15-10-9-14(17)16-12(3)13-7-5-11(2)6-8-13/h5-8,12,15H,4,9-10H2,1-3H3,(H,16,17)/t12-/m1/s1. The zero-order chi connectivity index (χ0) is 12.7. The van der Waals surface area contributed by atoms with Crippen molar-refractivity contribution in [2.75, 3.05) is 13.1 Å². The second-order valence-electron chi connectivity index (χ2n) is 4.30. The molecule has 17 heavy (non-hydrogen) atoms. The Morgan fingerprint density at radius 2 is 1.94 bits per heavy atom. The van der Waals surface area contributed by atoms with E-state index in [-0.39, 0.29) is 11.9 Å². The van der Waals surface area contributed by atoms with Gasteiger partial charge in [-0.1, -0.05) is 36.8 Å². The van der Waals surface area contributed by atoms with Crippen LogP contribution in [0.15, 0.2) is 24.3 Å². The highest BCUT2D eigenvalue weighted by Gasteiger charge is 2.08. The molecule has 0 fully saturated rings. The van der Waals surface area contributed by atoms with Crippen LogP contribution in [-0.2, 0) is 4.79 Å². The minimum atomic E-state index is 0.0738. The molecule has 1 aromatic carbocycles. The van der Waals surface area contributed by atoms with Gasteiger partial charge in [0.15, 0.2) is 0 Å². The lowest BCUT2D eigenvalue weighted by Crippen LogP contribution is -2.29. The van der Waals surface area contributed by atoms with Crippen molar-refractivity contribution >= 4 is 5.91 Å². The number of rotatable bonds is 6. The molecule has 1 rings (SSSR count). The van der Waals surface area contributed by atoms with Gasteiger partial charge in [-0.05, 0) is 26.0 Å². The van der Waals surface area contributed by atoms with E-state index in [2.05, 4.69) is 41.8 Å². The number of hydrogen-bond donors (Lipinski definition) is 2. The first-order valence-electron chi connectivity index (χ1n) is 6.20. The van der Waals surface area contributed by atoms with E-state index in [1.54, 1.807) is 0 Å². The summed E-state index contributed by atoms with van der Waals surface area (Å²) in [5, 5.41) is 6.13. The van der Waals surface area contributed by atoms with Gasteiger partial charge < -0.3 is 10.6 Å². The number of aryl methyl sites for hydroxylation is 1. The molecule has 0 unspecified atom stereocenters. The third-order valence-electron chi connectivity index (χ3n) is 2.73. The van der Waals surface area contributed by atoms with Gasteiger partial charge in [-0.3, -0.25) is 4.79 Å². The minimum Gasteiger partial charge on any atom is -0.350 e. The Bertz CT molecular complexity index is 346. The van der Waals surface area contributed by atoms with Crippen molar-refractivity contribution < 1.29 is 4.79 Å². The molecule has 0 aliphatic heterocycles. The molecule has 0 aliphatic carbocycles. The predicted octanol–water partition coefficient (Wildman–Crippen LogP) is 2.17. The molecule has 0 spiro atoms. The van der Waals surface area contributed by atoms with E-state index < -0.39 is 0 Å². The SMILES string of the molecule is CCNCCC(=O)N[C@H](C)c1ccc(C)cc1. The summed E-state index contributed by atoms with van der Waals surface area (Å²) in [4.78, 5) is 11.6. The van der Waals surface area contributed by atoms with Crippen molar-refractivity contribution in [1.29, 1.82) is 0 Å². The van der Waals surface area contributed by atoms with Crippen LogP contribution in [0.2, 0.25) is 0 Å². The van der Waals surface area contributed by atoms with Crippen LogP contribution in [0, 0.1) is 6.92 Å². The van der Waals surface area contributed by atoms with Gasteiger partial charge in [0.25, 0.3) is 0 Å². The second kappa shape index (κ2) is 7.07. The molecule has 0 radical (unpaired) electrons. The maximum Gasteiger partial charge on any atom is 0.221 e. The van der Waals surface area contributed by atoms with Crippen LogP contribution in [0.25, 0.3) is 0 Å². The van der Waals surface area contributed by atoms with Crippen LogP contribution in [0.1, 0.15) is 37.4 Å². The normalized spacial score (nSPS) is 12.2. The smallest absolute Gasteiger partial charge is 0.221 e. The van der Waals surface area contributed by atoms with Crippen molar-refractivity contribution in [3.8, 4) is 0 Å². The van der Waals surface area contributed by atoms with Crippen LogP contribution >= 0.6 is 0 Å². The summed E-state index contributed by atoms with van der Waals surface area (Å²) in [5.41, 5.74) is 2.38. The van der Waals surface area contributed by atoms with Gasteiger partial charge in [0, 0.05) is 13.0 Å². The number of nitrogens with one attached hydrogen (secondary N) is 2. The van der Waals surface area contributed by atoms with Gasteiger partial charge in [-0.2, -0.15) is 0 Å². The molecular formula is C14H22N2O. The largest absolute Gasteiger partial charge is 0.350 e. The highest BCUT2D eigenvalue weighted by Crippen LogP contribution is 2.12. The molecule has 0 aliphatic rings. The molecule has 1 atom stereocenters. The van der Waals surface area contributed by atoms with Crippen LogP contribution in [-0.4, -0.2) is 19.0 Å². The number of carbonyl (C=O) groups is 1. The van der Waals surface area contributed by atoms with Crippen molar-refractivity contribution in [3.63, 3.8) is 0 Å². The summed E-state index contributed by atoms with van der Waals surface area (Å²) >= 11 is 0. The van der Waals surface area contributed by atoms with E-state index in [9.17, 15) is 4.79 Å². The molecule has 94 valence electrons. The minimum absolute atomic E-state index is 0.0738. The summed E-state index contributed by atoms with van der Waals surface area (Å²) in [6, 6.07) is 8.33. The Kier molecular flexibility index (Phi) is 5.70. The molecular weight excluding hydrogens is 212 g/mol. The maximum absolute atomic E-state index is 11.6. The van der Waals surface area contributed by atoms with Gasteiger partial charge in [-0.25, -0.2) is 0 Å². The van der Waals surface area contributed by atoms with Gasteiger partial charge in [0.05, 0.1) is 6.04 Å². The second-order valence-corrected chi connectivity index (χ2v) is 4.30. The fraction of sp³-hybridized carbons (Fsp3) is 0.500. The maximum atomic E-state index is 11.6. The zero-order valence-electron chi connectivity index (χ0n) is 10.9. The van der Waals surface area contributed by atoms with E-state index in [0.717, 1.165) is 18.7 Å². The van der Waals surface area contributed by atoms with Crippen molar-refractivity contribution in [1.82, 2.24) is 10.6 Å². The lowest BCUT2D eigenvalue weighted by molar-refractivity contribution is -0.121. The summed E-state index contributed by atoms with van der Waals surface area (Å²) in [5.74, 6) is 0.0963.